The van der Waals surface area contributed by atoms with Gasteiger partial charge in [-0.2, -0.15) is 8.78 Å². The summed E-state index contributed by atoms with van der Waals surface area (Å²) in [6, 6.07) is -0.464. The number of primary amides is 1. The number of nitrogens with zero attached hydrogens (tertiary/aromatic N) is 1. The molecule has 4 nitrogen and oxygen atoms in total. The molecule has 0 aromatic heterocycles. The second-order valence-corrected chi connectivity index (χ2v) is 2.83. The molecule has 0 aliphatic rings. The van der Waals surface area contributed by atoms with Crippen molar-refractivity contribution in [3.8, 4) is 0 Å². The smallest absolute Gasteiger partial charge is 0.315 e. The normalized spacial score (nSPS) is 10.6. The first-order chi connectivity index (χ1) is 5.86. The predicted molar refractivity (Wildman–Crippen MR) is 42.0 cm³/mol. The highest BCUT2D eigenvalue weighted by Gasteiger charge is 2.26. The molecule has 0 aliphatic heterocycles. The van der Waals surface area contributed by atoms with E-state index in [1.54, 1.807) is 0 Å². The molecule has 0 saturated carbocycles. The lowest BCUT2D eigenvalue weighted by molar-refractivity contribution is -0.146. The molecular weight excluding hydrogens is 182 g/mol. The van der Waals surface area contributed by atoms with Crippen molar-refractivity contribution in [1.29, 1.82) is 0 Å². The van der Waals surface area contributed by atoms with Crippen LogP contribution in [-0.2, 0) is 9.59 Å². The average Bonchev–Trinajstić information content (AvgIpc) is 1.97. The molecule has 0 atom stereocenters. The van der Waals surface area contributed by atoms with Crippen molar-refractivity contribution in [2.75, 3.05) is 6.54 Å². The van der Waals surface area contributed by atoms with Gasteiger partial charge < -0.3 is 10.6 Å². The van der Waals surface area contributed by atoms with Gasteiger partial charge in [0.2, 0.25) is 5.91 Å². The Morgan fingerprint density at radius 1 is 1.38 bits per heavy atom. The Morgan fingerprint density at radius 2 is 1.85 bits per heavy atom. The third-order valence-corrected chi connectivity index (χ3v) is 1.42. The van der Waals surface area contributed by atoms with E-state index in [0.29, 0.717) is 0 Å². The fourth-order valence-corrected chi connectivity index (χ4v) is 0.808. The van der Waals surface area contributed by atoms with Crippen LogP contribution in [-0.4, -0.2) is 35.7 Å². The van der Waals surface area contributed by atoms with Crippen LogP contribution < -0.4 is 5.73 Å². The van der Waals surface area contributed by atoms with E-state index >= 15 is 0 Å². The zero-order chi connectivity index (χ0) is 10.6. The van der Waals surface area contributed by atoms with Crippen LogP contribution in [0.15, 0.2) is 0 Å². The van der Waals surface area contributed by atoms with E-state index in [9.17, 15) is 18.4 Å². The van der Waals surface area contributed by atoms with Crippen LogP contribution in [0.25, 0.3) is 0 Å². The van der Waals surface area contributed by atoms with Crippen molar-refractivity contribution in [2.24, 2.45) is 5.73 Å². The number of hydrogen-bond acceptors (Lipinski definition) is 2. The highest BCUT2D eigenvalue weighted by Crippen LogP contribution is 2.04. The van der Waals surface area contributed by atoms with Crippen LogP contribution in [0.1, 0.15) is 13.8 Å². The van der Waals surface area contributed by atoms with Crippen molar-refractivity contribution in [3.63, 3.8) is 0 Å². The Kier molecular flexibility index (Phi) is 4.30. The van der Waals surface area contributed by atoms with E-state index in [0.717, 1.165) is 4.90 Å². The van der Waals surface area contributed by atoms with Crippen LogP contribution in [0.4, 0.5) is 8.78 Å². The minimum absolute atomic E-state index is 0.464. The molecule has 0 spiro atoms. The lowest BCUT2D eigenvalue weighted by Crippen LogP contribution is -2.45. The fraction of sp³-hybridized carbons (Fsp3) is 0.714. The van der Waals surface area contributed by atoms with Gasteiger partial charge in [-0.25, -0.2) is 0 Å². The first-order valence-corrected chi connectivity index (χ1v) is 3.73. The highest BCUT2D eigenvalue weighted by molar-refractivity contribution is 5.85. The molecule has 0 bridgehead atoms. The zero-order valence-corrected chi connectivity index (χ0v) is 7.46. The molecule has 76 valence electrons. The molecule has 2 N–H and O–H groups in total. The standard InChI is InChI=1S/C7H12F2N2O2/c1-4(2)11(3-5(10)12)7(13)6(8)9/h4,6H,3H2,1-2H3,(H2,10,12). The van der Waals surface area contributed by atoms with Gasteiger partial charge in [0.05, 0.1) is 6.54 Å². The molecule has 0 radical (unpaired) electrons. The van der Waals surface area contributed by atoms with Gasteiger partial charge in [-0.3, -0.25) is 9.59 Å². The maximum Gasteiger partial charge on any atom is 0.315 e. The number of alkyl halides is 2. The molecule has 0 saturated heterocycles. The summed E-state index contributed by atoms with van der Waals surface area (Å²) in [7, 11) is 0. The van der Waals surface area contributed by atoms with Crippen LogP contribution in [0.5, 0.6) is 0 Å². The van der Waals surface area contributed by atoms with Gasteiger partial charge in [-0.1, -0.05) is 0 Å². The molecule has 0 unspecified atom stereocenters. The molecular formula is C7H12F2N2O2. The molecule has 0 aliphatic carbocycles. The topological polar surface area (TPSA) is 63.4 Å². The molecule has 6 heteroatoms. The van der Waals surface area contributed by atoms with Crippen molar-refractivity contribution >= 4 is 11.8 Å². The Labute approximate surface area is 74.7 Å². The number of amides is 2. The molecule has 0 aromatic carbocycles. The molecule has 0 aromatic rings. The van der Waals surface area contributed by atoms with Gasteiger partial charge in [0.25, 0.3) is 5.91 Å². The summed E-state index contributed by atoms with van der Waals surface area (Å²) in [5, 5.41) is 0. The second kappa shape index (κ2) is 4.74. The molecule has 13 heavy (non-hydrogen) atoms. The van der Waals surface area contributed by atoms with Gasteiger partial charge in [-0.05, 0) is 13.8 Å². The van der Waals surface area contributed by atoms with Crippen LogP contribution in [0.2, 0.25) is 0 Å². The molecule has 0 heterocycles. The van der Waals surface area contributed by atoms with Gasteiger partial charge in [0.15, 0.2) is 0 Å². The molecule has 0 fully saturated rings. The van der Waals surface area contributed by atoms with Crippen LogP contribution in [0, 0.1) is 0 Å². The maximum absolute atomic E-state index is 11.9. The SMILES string of the molecule is CC(C)N(CC(N)=O)C(=O)C(F)F. The van der Waals surface area contributed by atoms with Crippen molar-refractivity contribution in [3.05, 3.63) is 0 Å². The number of nitrogens with two attached hydrogens (primary N) is 1. The minimum Gasteiger partial charge on any atom is -0.368 e. The number of carbonyl (C=O) groups excluding carboxylic acids is 2. The number of rotatable bonds is 4. The van der Waals surface area contributed by atoms with E-state index in [2.05, 4.69) is 0 Å². The van der Waals surface area contributed by atoms with E-state index in [1.807, 2.05) is 0 Å². The first-order valence-electron chi connectivity index (χ1n) is 3.73. The van der Waals surface area contributed by atoms with Crippen LogP contribution >= 0.6 is 0 Å². The van der Waals surface area contributed by atoms with Gasteiger partial charge >= 0.3 is 6.43 Å². The average molecular weight is 194 g/mol. The van der Waals surface area contributed by atoms with Crippen molar-refractivity contribution < 1.29 is 18.4 Å². The second-order valence-electron chi connectivity index (χ2n) is 2.83. The first kappa shape index (κ1) is 11.8. The van der Waals surface area contributed by atoms with E-state index in [4.69, 9.17) is 5.73 Å². The maximum atomic E-state index is 11.9. The van der Waals surface area contributed by atoms with Gasteiger partial charge in [-0.15, -0.1) is 0 Å². The third kappa shape index (κ3) is 3.82. The highest BCUT2D eigenvalue weighted by atomic mass is 19.3. The zero-order valence-electron chi connectivity index (χ0n) is 7.46. The van der Waals surface area contributed by atoms with Crippen LogP contribution in [0.3, 0.4) is 0 Å². The van der Waals surface area contributed by atoms with Crippen molar-refractivity contribution in [1.82, 2.24) is 4.90 Å². The lowest BCUT2D eigenvalue weighted by Gasteiger charge is -2.24. The third-order valence-electron chi connectivity index (χ3n) is 1.42. The summed E-state index contributed by atoms with van der Waals surface area (Å²) in [5.74, 6) is -2.17. The quantitative estimate of drug-likeness (QED) is 0.683. The Balaban J connectivity index is 4.42. The number of hydrogen-bond donors (Lipinski definition) is 1. The van der Waals surface area contributed by atoms with Gasteiger partial charge in [0, 0.05) is 6.04 Å². The Hall–Kier alpha value is -1.20. The number of halogens is 2. The predicted octanol–water partition coefficient (Wildman–Crippen LogP) is -0.0262. The minimum atomic E-state index is -3.10. The summed E-state index contributed by atoms with van der Waals surface area (Å²) < 4.78 is 23.9. The summed E-state index contributed by atoms with van der Waals surface area (Å²) in [4.78, 5) is 22.0. The molecule has 2 amide bonds. The summed E-state index contributed by atoms with van der Waals surface area (Å²) >= 11 is 0. The Bertz CT molecular complexity index is 207. The molecule has 0 rings (SSSR count). The Morgan fingerprint density at radius 3 is 2.08 bits per heavy atom. The fourth-order valence-electron chi connectivity index (χ4n) is 0.808. The lowest BCUT2D eigenvalue weighted by atomic mass is 10.3. The van der Waals surface area contributed by atoms with E-state index in [1.165, 1.54) is 13.8 Å². The number of carbonyl (C=O) groups is 2. The van der Waals surface area contributed by atoms with E-state index < -0.39 is 30.8 Å². The summed E-state index contributed by atoms with van der Waals surface area (Å²) in [6.07, 6.45) is -3.10. The van der Waals surface area contributed by atoms with E-state index in [-0.39, 0.29) is 0 Å². The van der Waals surface area contributed by atoms with Gasteiger partial charge in [0.1, 0.15) is 0 Å². The summed E-state index contributed by atoms with van der Waals surface area (Å²) in [5.41, 5.74) is 4.79. The monoisotopic (exact) mass is 194 g/mol. The summed E-state index contributed by atoms with van der Waals surface area (Å²) in [6.45, 7) is 2.59. The van der Waals surface area contributed by atoms with Crippen molar-refractivity contribution in [2.45, 2.75) is 26.3 Å². The largest absolute Gasteiger partial charge is 0.368 e.